The number of rotatable bonds is 2. The summed E-state index contributed by atoms with van der Waals surface area (Å²) < 4.78 is 0. The van der Waals surface area contributed by atoms with Crippen LogP contribution in [0.5, 0.6) is 0 Å². The Morgan fingerprint density at radius 3 is 2.14 bits per heavy atom. The molecule has 0 saturated carbocycles. The van der Waals surface area contributed by atoms with E-state index in [0.29, 0.717) is 22.5 Å². The van der Waals surface area contributed by atoms with Crippen molar-refractivity contribution in [3.63, 3.8) is 0 Å². The van der Waals surface area contributed by atoms with E-state index in [9.17, 15) is 4.79 Å². The van der Waals surface area contributed by atoms with Crippen LogP contribution in [-0.4, -0.2) is 5.78 Å². The summed E-state index contributed by atoms with van der Waals surface area (Å²) in [5.74, 6) is -0.0646. The van der Waals surface area contributed by atoms with Crippen LogP contribution in [0.3, 0.4) is 0 Å². The van der Waals surface area contributed by atoms with Crippen LogP contribution >= 0.6 is 0 Å². The molecule has 104 valence electrons. The summed E-state index contributed by atoms with van der Waals surface area (Å²) in [6, 6.07) is 16.7. The van der Waals surface area contributed by atoms with E-state index in [1.807, 2.05) is 43.3 Å². The van der Waals surface area contributed by atoms with E-state index in [0.717, 1.165) is 16.3 Å². The van der Waals surface area contributed by atoms with Gasteiger partial charge in [0.15, 0.2) is 5.78 Å². The Bertz CT molecular complexity index is 833. The second-order valence-corrected chi connectivity index (χ2v) is 5.19. The molecule has 0 spiro atoms. The average molecular weight is 276 g/mol. The second kappa shape index (κ2) is 4.94. The molecule has 4 N–H and O–H groups in total. The van der Waals surface area contributed by atoms with Gasteiger partial charge in [-0.2, -0.15) is 0 Å². The molecule has 0 aliphatic carbocycles. The van der Waals surface area contributed by atoms with Crippen molar-refractivity contribution in [3.8, 4) is 0 Å². The van der Waals surface area contributed by atoms with Gasteiger partial charge in [-0.25, -0.2) is 0 Å². The summed E-state index contributed by atoms with van der Waals surface area (Å²) in [4.78, 5) is 12.8. The van der Waals surface area contributed by atoms with Crippen LogP contribution in [0, 0.1) is 6.92 Å². The number of aryl methyl sites for hydroxylation is 1. The Kier molecular flexibility index (Phi) is 3.10. The van der Waals surface area contributed by atoms with Crippen molar-refractivity contribution in [2.75, 3.05) is 11.5 Å². The Hall–Kier alpha value is -2.81. The summed E-state index contributed by atoms with van der Waals surface area (Å²) in [7, 11) is 0. The lowest BCUT2D eigenvalue weighted by molar-refractivity contribution is 0.104. The third-order valence-electron chi connectivity index (χ3n) is 3.63. The molecule has 0 aliphatic heterocycles. The molecule has 0 fully saturated rings. The number of nitrogens with two attached hydrogens (primary N) is 2. The highest BCUT2D eigenvalue weighted by atomic mass is 16.1. The topological polar surface area (TPSA) is 69.1 Å². The minimum atomic E-state index is -0.0646. The summed E-state index contributed by atoms with van der Waals surface area (Å²) in [5, 5.41) is 2.03. The molecule has 0 amide bonds. The number of nitrogen functional groups attached to an aromatic ring is 2. The number of carbonyl (C=O) groups excluding carboxylic acids is 1. The van der Waals surface area contributed by atoms with Crippen molar-refractivity contribution in [1.82, 2.24) is 0 Å². The van der Waals surface area contributed by atoms with Gasteiger partial charge in [0.1, 0.15) is 0 Å². The molecule has 0 atom stereocenters. The zero-order valence-electron chi connectivity index (χ0n) is 11.8. The van der Waals surface area contributed by atoms with Crippen LogP contribution in [0.15, 0.2) is 54.6 Å². The highest BCUT2D eigenvalue weighted by Crippen LogP contribution is 2.25. The van der Waals surface area contributed by atoms with E-state index in [4.69, 9.17) is 11.5 Å². The lowest BCUT2D eigenvalue weighted by Crippen LogP contribution is -2.04. The average Bonchev–Trinajstić information content (AvgIpc) is 2.46. The fourth-order valence-corrected chi connectivity index (χ4v) is 2.61. The Morgan fingerprint density at radius 1 is 0.857 bits per heavy atom. The largest absolute Gasteiger partial charge is 0.399 e. The van der Waals surface area contributed by atoms with Gasteiger partial charge < -0.3 is 11.5 Å². The Labute approximate surface area is 123 Å². The van der Waals surface area contributed by atoms with Gasteiger partial charge in [-0.3, -0.25) is 4.79 Å². The van der Waals surface area contributed by atoms with Crippen molar-refractivity contribution in [2.24, 2.45) is 0 Å². The van der Waals surface area contributed by atoms with Crippen LogP contribution in [0.4, 0.5) is 11.4 Å². The Balaban J connectivity index is 2.20. The summed E-state index contributed by atoms with van der Waals surface area (Å²) in [6.45, 7) is 2.04. The molecule has 0 unspecified atom stereocenters. The molecule has 0 radical (unpaired) electrons. The standard InChI is InChI=1S/C18H16N2O/c1-11-6-7-17(16-5-3-2-4-15(11)16)18(21)12-8-13(19)10-14(20)9-12/h2-10H,19-20H2,1H3. The third-order valence-corrected chi connectivity index (χ3v) is 3.63. The first kappa shape index (κ1) is 13.2. The van der Waals surface area contributed by atoms with Gasteiger partial charge in [0.05, 0.1) is 0 Å². The van der Waals surface area contributed by atoms with E-state index in [2.05, 4.69) is 0 Å². The fraction of sp³-hybridized carbons (Fsp3) is 0.0556. The number of hydrogen-bond donors (Lipinski definition) is 2. The molecule has 3 heteroatoms. The van der Waals surface area contributed by atoms with Gasteiger partial charge in [0, 0.05) is 22.5 Å². The van der Waals surface area contributed by atoms with Gasteiger partial charge in [-0.05, 0) is 41.5 Å². The van der Waals surface area contributed by atoms with Gasteiger partial charge >= 0.3 is 0 Å². The summed E-state index contributed by atoms with van der Waals surface area (Å²) in [6.07, 6.45) is 0. The first-order valence-electron chi connectivity index (χ1n) is 6.75. The first-order valence-corrected chi connectivity index (χ1v) is 6.75. The smallest absolute Gasteiger partial charge is 0.193 e. The van der Waals surface area contributed by atoms with Gasteiger partial charge in [0.2, 0.25) is 0 Å². The SMILES string of the molecule is Cc1ccc(C(=O)c2cc(N)cc(N)c2)c2ccccc12. The van der Waals surface area contributed by atoms with Crippen molar-refractivity contribution >= 4 is 27.9 Å². The first-order chi connectivity index (χ1) is 10.1. The molecule has 3 aromatic rings. The van der Waals surface area contributed by atoms with Crippen LogP contribution in [0.2, 0.25) is 0 Å². The molecular formula is C18H16N2O. The number of ketones is 1. The van der Waals surface area contributed by atoms with Crippen LogP contribution < -0.4 is 11.5 Å². The summed E-state index contributed by atoms with van der Waals surface area (Å²) in [5.41, 5.74) is 14.9. The number of anilines is 2. The molecule has 0 heterocycles. The molecule has 0 aliphatic rings. The number of carbonyl (C=O) groups is 1. The van der Waals surface area contributed by atoms with E-state index >= 15 is 0 Å². The van der Waals surface area contributed by atoms with E-state index in [-0.39, 0.29) is 5.78 Å². The highest BCUT2D eigenvalue weighted by molar-refractivity contribution is 6.17. The van der Waals surface area contributed by atoms with Crippen molar-refractivity contribution in [1.29, 1.82) is 0 Å². The minimum absolute atomic E-state index is 0.0646. The Morgan fingerprint density at radius 2 is 1.48 bits per heavy atom. The maximum Gasteiger partial charge on any atom is 0.193 e. The van der Waals surface area contributed by atoms with Gasteiger partial charge in [-0.15, -0.1) is 0 Å². The molecular weight excluding hydrogens is 260 g/mol. The van der Waals surface area contributed by atoms with E-state index < -0.39 is 0 Å². The monoisotopic (exact) mass is 276 g/mol. The van der Waals surface area contributed by atoms with Crippen LogP contribution in [0.1, 0.15) is 21.5 Å². The zero-order valence-corrected chi connectivity index (χ0v) is 11.8. The van der Waals surface area contributed by atoms with E-state index in [1.165, 1.54) is 0 Å². The molecule has 3 aromatic carbocycles. The van der Waals surface area contributed by atoms with E-state index in [1.54, 1.807) is 18.2 Å². The second-order valence-electron chi connectivity index (χ2n) is 5.19. The number of hydrogen-bond acceptors (Lipinski definition) is 3. The zero-order chi connectivity index (χ0) is 15.0. The predicted octanol–water partition coefficient (Wildman–Crippen LogP) is 3.54. The maximum atomic E-state index is 12.8. The normalized spacial score (nSPS) is 10.7. The quantitative estimate of drug-likeness (QED) is 0.555. The predicted molar refractivity (Wildman–Crippen MR) is 87.4 cm³/mol. The highest BCUT2D eigenvalue weighted by Gasteiger charge is 2.14. The van der Waals surface area contributed by atoms with Crippen LogP contribution in [-0.2, 0) is 0 Å². The number of benzene rings is 3. The molecule has 0 bridgehead atoms. The lowest BCUT2D eigenvalue weighted by atomic mass is 9.94. The summed E-state index contributed by atoms with van der Waals surface area (Å²) >= 11 is 0. The minimum Gasteiger partial charge on any atom is -0.399 e. The number of fused-ring (bicyclic) bond motifs is 1. The van der Waals surface area contributed by atoms with Crippen molar-refractivity contribution < 1.29 is 4.79 Å². The molecule has 21 heavy (non-hydrogen) atoms. The lowest BCUT2D eigenvalue weighted by Gasteiger charge is -2.09. The van der Waals surface area contributed by atoms with Gasteiger partial charge in [-0.1, -0.05) is 36.4 Å². The molecule has 3 nitrogen and oxygen atoms in total. The molecule has 0 saturated heterocycles. The maximum absolute atomic E-state index is 12.8. The molecule has 3 rings (SSSR count). The van der Waals surface area contributed by atoms with Crippen molar-refractivity contribution in [2.45, 2.75) is 6.92 Å². The van der Waals surface area contributed by atoms with Crippen molar-refractivity contribution in [3.05, 3.63) is 71.3 Å². The molecule has 0 aromatic heterocycles. The fourth-order valence-electron chi connectivity index (χ4n) is 2.61. The third kappa shape index (κ3) is 2.34. The van der Waals surface area contributed by atoms with Crippen LogP contribution in [0.25, 0.3) is 10.8 Å². The van der Waals surface area contributed by atoms with Gasteiger partial charge in [0.25, 0.3) is 0 Å².